The Kier molecular flexibility index (Phi) is 4.04. The lowest BCUT2D eigenvalue weighted by Gasteiger charge is -2.31. The number of pyridine rings is 1. The minimum atomic E-state index is -0.200. The largest absolute Gasteiger partial charge is 0.369 e. The smallest absolute Gasteiger partial charge is 0.220 e. The van der Waals surface area contributed by atoms with Crippen LogP contribution in [-0.4, -0.2) is 24.0 Å². The summed E-state index contributed by atoms with van der Waals surface area (Å²) in [5.74, 6) is 0.685. The molecule has 0 radical (unpaired) electrons. The second-order valence-corrected chi connectivity index (χ2v) is 6.62. The Morgan fingerprint density at radius 1 is 1.33 bits per heavy atom. The van der Waals surface area contributed by atoms with Crippen molar-refractivity contribution in [3.8, 4) is 0 Å². The minimum Gasteiger partial charge on any atom is -0.369 e. The van der Waals surface area contributed by atoms with Crippen molar-refractivity contribution in [3.05, 3.63) is 33.8 Å². The number of carbonyl (C=O) groups is 1. The maximum Gasteiger partial charge on any atom is 0.220 e. The Hall–Kier alpha value is -1.33. The molecule has 0 spiro atoms. The quantitative estimate of drug-likeness (QED) is 0.884. The van der Waals surface area contributed by atoms with Crippen molar-refractivity contribution < 1.29 is 4.79 Å². The molecule has 0 bridgehead atoms. The number of carbonyl (C=O) groups excluding carboxylic acids is 1. The van der Waals surface area contributed by atoms with Crippen LogP contribution in [0, 0.1) is 5.92 Å². The van der Waals surface area contributed by atoms with Gasteiger partial charge < -0.3 is 10.6 Å². The summed E-state index contributed by atoms with van der Waals surface area (Å²) in [5.41, 5.74) is 6.17. The van der Waals surface area contributed by atoms with Gasteiger partial charge in [0.05, 0.1) is 10.5 Å². The standard InChI is InChI=1S/C15H15BrClN3O/c16-11-7-10-1-2-13(19-14(10)12(17)8-11)20-5-3-9(4-6-20)15(18)21/h1-2,7-9H,3-6H2,(H2,18,21). The van der Waals surface area contributed by atoms with E-state index in [-0.39, 0.29) is 11.8 Å². The summed E-state index contributed by atoms with van der Waals surface area (Å²) in [4.78, 5) is 18.1. The molecule has 2 N–H and O–H groups in total. The van der Waals surface area contributed by atoms with Crippen LogP contribution in [0.5, 0.6) is 0 Å². The molecular formula is C15H15BrClN3O. The highest BCUT2D eigenvalue weighted by atomic mass is 79.9. The fourth-order valence-corrected chi connectivity index (χ4v) is 3.59. The van der Waals surface area contributed by atoms with Crippen LogP contribution in [0.4, 0.5) is 5.82 Å². The van der Waals surface area contributed by atoms with E-state index in [1.807, 2.05) is 24.3 Å². The molecule has 1 aliphatic heterocycles. The van der Waals surface area contributed by atoms with Crippen molar-refractivity contribution in [3.63, 3.8) is 0 Å². The lowest BCUT2D eigenvalue weighted by atomic mass is 9.96. The second-order valence-electron chi connectivity index (χ2n) is 5.29. The van der Waals surface area contributed by atoms with Crippen LogP contribution < -0.4 is 10.6 Å². The van der Waals surface area contributed by atoms with Crippen LogP contribution in [0.15, 0.2) is 28.7 Å². The van der Waals surface area contributed by atoms with Crippen molar-refractivity contribution in [1.82, 2.24) is 4.98 Å². The van der Waals surface area contributed by atoms with Gasteiger partial charge in [-0.15, -0.1) is 0 Å². The number of nitrogens with zero attached hydrogens (tertiary/aromatic N) is 2. The van der Waals surface area contributed by atoms with Gasteiger partial charge in [0.2, 0.25) is 5.91 Å². The van der Waals surface area contributed by atoms with Gasteiger partial charge in [0.15, 0.2) is 0 Å². The first-order valence-electron chi connectivity index (χ1n) is 6.84. The topological polar surface area (TPSA) is 59.2 Å². The van der Waals surface area contributed by atoms with Crippen LogP contribution in [0.1, 0.15) is 12.8 Å². The molecule has 4 nitrogen and oxygen atoms in total. The molecule has 21 heavy (non-hydrogen) atoms. The zero-order valence-electron chi connectivity index (χ0n) is 11.4. The first-order valence-corrected chi connectivity index (χ1v) is 8.02. The predicted molar refractivity (Wildman–Crippen MR) is 88.6 cm³/mol. The highest BCUT2D eigenvalue weighted by Crippen LogP contribution is 2.30. The lowest BCUT2D eigenvalue weighted by Crippen LogP contribution is -2.38. The molecule has 2 aromatic rings. The first-order chi connectivity index (χ1) is 10.0. The number of rotatable bonds is 2. The van der Waals surface area contributed by atoms with E-state index in [9.17, 15) is 4.79 Å². The van der Waals surface area contributed by atoms with Gasteiger partial charge in [-0.3, -0.25) is 4.79 Å². The Labute approximate surface area is 136 Å². The number of hydrogen-bond donors (Lipinski definition) is 1. The predicted octanol–water partition coefficient (Wildman–Crippen LogP) is 3.35. The van der Waals surface area contributed by atoms with Crippen molar-refractivity contribution in [2.75, 3.05) is 18.0 Å². The third-order valence-electron chi connectivity index (χ3n) is 3.92. The van der Waals surface area contributed by atoms with E-state index in [1.54, 1.807) is 0 Å². The summed E-state index contributed by atoms with van der Waals surface area (Å²) in [7, 11) is 0. The number of amides is 1. The van der Waals surface area contributed by atoms with E-state index in [4.69, 9.17) is 17.3 Å². The molecular weight excluding hydrogens is 354 g/mol. The summed E-state index contributed by atoms with van der Waals surface area (Å²) in [6, 6.07) is 7.86. The van der Waals surface area contributed by atoms with Gasteiger partial charge in [0.1, 0.15) is 5.82 Å². The molecule has 2 heterocycles. The summed E-state index contributed by atoms with van der Waals surface area (Å²) >= 11 is 9.70. The Morgan fingerprint density at radius 2 is 2.05 bits per heavy atom. The molecule has 1 aromatic heterocycles. The minimum absolute atomic E-state index is 0.0127. The third kappa shape index (κ3) is 2.99. The van der Waals surface area contributed by atoms with Crippen molar-refractivity contribution in [2.45, 2.75) is 12.8 Å². The number of piperidine rings is 1. The van der Waals surface area contributed by atoms with Crippen LogP contribution in [0.2, 0.25) is 5.02 Å². The van der Waals surface area contributed by atoms with E-state index in [0.29, 0.717) is 5.02 Å². The van der Waals surface area contributed by atoms with Gasteiger partial charge in [-0.2, -0.15) is 0 Å². The molecule has 1 fully saturated rings. The number of anilines is 1. The summed E-state index contributed by atoms with van der Waals surface area (Å²) in [5, 5.41) is 1.64. The molecule has 1 saturated heterocycles. The molecule has 0 aliphatic carbocycles. The van der Waals surface area contributed by atoms with E-state index < -0.39 is 0 Å². The molecule has 6 heteroatoms. The van der Waals surface area contributed by atoms with Crippen molar-refractivity contribution in [2.24, 2.45) is 11.7 Å². The van der Waals surface area contributed by atoms with Gasteiger partial charge in [-0.05, 0) is 37.1 Å². The summed E-state index contributed by atoms with van der Waals surface area (Å²) in [6.07, 6.45) is 1.56. The zero-order chi connectivity index (χ0) is 15.0. The van der Waals surface area contributed by atoms with Crippen LogP contribution in [0.3, 0.4) is 0 Å². The molecule has 0 unspecified atom stereocenters. The lowest BCUT2D eigenvalue weighted by molar-refractivity contribution is -0.122. The van der Waals surface area contributed by atoms with E-state index in [0.717, 1.165) is 47.1 Å². The Bertz CT molecular complexity index is 699. The Balaban J connectivity index is 1.87. The Morgan fingerprint density at radius 3 is 2.71 bits per heavy atom. The normalized spacial score (nSPS) is 16.4. The third-order valence-corrected chi connectivity index (χ3v) is 4.66. The zero-order valence-corrected chi connectivity index (χ0v) is 13.7. The summed E-state index contributed by atoms with van der Waals surface area (Å²) < 4.78 is 0.942. The molecule has 0 saturated carbocycles. The van der Waals surface area contributed by atoms with Crippen LogP contribution in [-0.2, 0) is 4.79 Å². The fraction of sp³-hybridized carbons (Fsp3) is 0.333. The molecule has 1 amide bonds. The first kappa shape index (κ1) is 14.6. The van der Waals surface area contributed by atoms with Gasteiger partial charge in [-0.1, -0.05) is 27.5 Å². The molecule has 0 atom stereocenters. The van der Waals surface area contributed by atoms with E-state index in [2.05, 4.69) is 25.8 Å². The average molecular weight is 369 g/mol. The SMILES string of the molecule is NC(=O)C1CCN(c2ccc3cc(Br)cc(Cl)c3n2)CC1. The van der Waals surface area contributed by atoms with Gasteiger partial charge >= 0.3 is 0 Å². The molecule has 1 aliphatic rings. The highest BCUT2D eigenvalue weighted by Gasteiger charge is 2.23. The number of benzene rings is 1. The average Bonchev–Trinajstić information content (AvgIpc) is 2.47. The van der Waals surface area contributed by atoms with E-state index >= 15 is 0 Å². The number of nitrogens with two attached hydrogens (primary N) is 1. The maximum atomic E-state index is 11.2. The number of hydrogen-bond acceptors (Lipinski definition) is 3. The van der Waals surface area contributed by atoms with Crippen molar-refractivity contribution in [1.29, 1.82) is 0 Å². The molecule has 3 rings (SSSR count). The fourth-order valence-electron chi connectivity index (χ4n) is 2.72. The van der Waals surface area contributed by atoms with Crippen LogP contribution in [0.25, 0.3) is 10.9 Å². The number of fused-ring (bicyclic) bond motifs is 1. The van der Waals surface area contributed by atoms with Gasteiger partial charge in [-0.25, -0.2) is 4.98 Å². The second kappa shape index (κ2) is 5.81. The number of aromatic nitrogens is 1. The van der Waals surface area contributed by atoms with Gasteiger partial charge in [0.25, 0.3) is 0 Å². The van der Waals surface area contributed by atoms with E-state index in [1.165, 1.54) is 0 Å². The highest BCUT2D eigenvalue weighted by molar-refractivity contribution is 9.10. The number of halogens is 2. The molecule has 110 valence electrons. The maximum absolute atomic E-state index is 11.2. The molecule has 1 aromatic carbocycles. The van der Waals surface area contributed by atoms with Crippen LogP contribution >= 0.6 is 27.5 Å². The van der Waals surface area contributed by atoms with Gasteiger partial charge in [0, 0.05) is 28.9 Å². The monoisotopic (exact) mass is 367 g/mol. The number of primary amides is 1. The summed E-state index contributed by atoms with van der Waals surface area (Å²) in [6.45, 7) is 1.58. The van der Waals surface area contributed by atoms with Crippen molar-refractivity contribution >= 4 is 50.2 Å².